The van der Waals surface area contributed by atoms with E-state index in [1.54, 1.807) is 18.0 Å². The Kier molecular flexibility index (Phi) is 8.11. The first-order valence-corrected chi connectivity index (χ1v) is 13.1. The second kappa shape index (κ2) is 11.2. The summed E-state index contributed by atoms with van der Waals surface area (Å²) in [6, 6.07) is 12.2. The molecule has 8 heteroatoms. The van der Waals surface area contributed by atoms with Gasteiger partial charge in [0.15, 0.2) is 0 Å². The number of furan rings is 1. The number of rotatable bonds is 9. The van der Waals surface area contributed by atoms with Crippen molar-refractivity contribution in [2.45, 2.75) is 51.3 Å². The van der Waals surface area contributed by atoms with Crippen LogP contribution in [0.2, 0.25) is 0 Å². The number of likely N-dealkylation sites (tertiary alicyclic amines) is 1. The van der Waals surface area contributed by atoms with Gasteiger partial charge in [-0.3, -0.25) is 9.69 Å². The summed E-state index contributed by atoms with van der Waals surface area (Å²) in [6.07, 6.45) is 3.38. The maximum atomic E-state index is 12.5. The van der Waals surface area contributed by atoms with Crippen molar-refractivity contribution in [3.63, 3.8) is 0 Å². The molecule has 0 bridgehead atoms. The molecule has 3 heterocycles. The third kappa shape index (κ3) is 6.73. The predicted molar refractivity (Wildman–Crippen MR) is 134 cm³/mol. The number of benzene rings is 1. The molecule has 0 unspecified atom stereocenters. The minimum absolute atomic E-state index is 0.0749. The Labute approximate surface area is 205 Å². The molecule has 0 radical (unpaired) electrons. The van der Waals surface area contributed by atoms with Crippen LogP contribution in [-0.4, -0.2) is 46.3 Å². The van der Waals surface area contributed by atoms with E-state index in [0.29, 0.717) is 24.8 Å². The summed E-state index contributed by atoms with van der Waals surface area (Å²) in [4.78, 5) is 19.4. The predicted octanol–water partition coefficient (Wildman–Crippen LogP) is 4.89. The van der Waals surface area contributed by atoms with Crippen molar-refractivity contribution < 1.29 is 13.7 Å². The van der Waals surface area contributed by atoms with E-state index in [1.165, 1.54) is 5.56 Å². The highest BCUT2D eigenvalue weighted by Crippen LogP contribution is 2.25. The van der Waals surface area contributed by atoms with Crippen LogP contribution in [0.25, 0.3) is 11.4 Å². The number of piperidine rings is 1. The van der Waals surface area contributed by atoms with Gasteiger partial charge in [-0.2, -0.15) is 16.7 Å². The van der Waals surface area contributed by atoms with E-state index >= 15 is 0 Å². The van der Waals surface area contributed by atoms with Crippen molar-refractivity contribution in [3.05, 3.63) is 59.9 Å². The van der Waals surface area contributed by atoms with Gasteiger partial charge in [0.2, 0.25) is 17.6 Å². The van der Waals surface area contributed by atoms with Gasteiger partial charge in [0, 0.05) is 23.8 Å². The minimum atomic E-state index is 0.0749. The standard InChI is InChI=1S/C26H34N4O3S/c1-26(2,3)21-8-6-19(7-9-21)24-28-23(33-29-24)17-30-13-10-20(11-14-30)25(31)27-12-16-34-18-22-5-4-15-32-22/h4-9,15,20H,10-14,16-18H2,1-3H3,(H,27,31). The van der Waals surface area contributed by atoms with Crippen molar-refractivity contribution in [1.82, 2.24) is 20.4 Å². The highest BCUT2D eigenvalue weighted by molar-refractivity contribution is 7.98. The molecule has 1 aliphatic rings. The molecule has 1 saturated heterocycles. The summed E-state index contributed by atoms with van der Waals surface area (Å²) in [5.41, 5.74) is 2.35. The molecular weight excluding hydrogens is 448 g/mol. The van der Waals surface area contributed by atoms with Gasteiger partial charge in [0.25, 0.3) is 0 Å². The first-order valence-electron chi connectivity index (χ1n) is 11.9. The van der Waals surface area contributed by atoms with Crippen LogP contribution in [-0.2, 0) is 22.5 Å². The SMILES string of the molecule is CC(C)(C)c1ccc(-c2noc(CN3CCC(C(=O)NCCSCc4ccco4)CC3)n2)cc1. The Bertz CT molecular complexity index is 1030. The molecule has 3 aromatic rings. The summed E-state index contributed by atoms with van der Waals surface area (Å²) >= 11 is 1.76. The lowest BCUT2D eigenvalue weighted by Crippen LogP contribution is -2.40. The Morgan fingerprint density at radius 2 is 1.94 bits per heavy atom. The van der Waals surface area contributed by atoms with Crippen LogP contribution < -0.4 is 5.32 Å². The number of carbonyl (C=O) groups is 1. The van der Waals surface area contributed by atoms with E-state index in [0.717, 1.165) is 48.8 Å². The van der Waals surface area contributed by atoms with Crippen molar-refractivity contribution in [1.29, 1.82) is 0 Å². The van der Waals surface area contributed by atoms with Gasteiger partial charge in [0.1, 0.15) is 5.76 Å². The zero-order valence-electron chi connectivity index (χ0n) is 20.3. The minimum Gasteiger partial charge on any atom is -0.468 e. The molecule has 1 amide bonds. The lowest BCUT2D eigenvalue weighted by molar-refractivity contribution is -0.126. The summed E-state index contributed by atoms with van der Waals surface area (Å²) in [6.45, 7) is 9.60. The van der Waals surface area contributed by atoms with E-state index in [4.69, 9.17) is 8.94 Å². The highest BCUT2D eigenvalue weighted by atomic mass is 32.2. The zero-order chi connectivity index (χ0) is 24.0. The molecule has 34 heavy (non-hydrogen) atoms. The molecule has 182 valence electrons. The van der Waals surface area contributed by atoms with E-state index in [1.807, 2.05) is 12.1 Å². The molecule has 0 aliphatic carbocycles. The van der Waals surface area contributed by atoms with Gasteiger partial charge in [-0.05, 0) is 49.0 Å². The largest absolute Gasteiger partial charge is 0.468 e. The molecule has 1 aliphatic heterocycles. The number of hydrogen-bond donors (Lipinski definition) is 1. The number of aromatic nitrogens is 2. The number of nitrogens with one attached hydrogen (secondary N) is 1. The van der Waals surface area contributed by atoms with Crippen LogP contribution in [0.3, 0.4) is 0 Å². The number of carbonyl (C=O) groups excluding carboxylic acids is 1. The maximum Gasteiger partial charge on any atom is 0.241 e. The van der Waals surface area contributed by atoms with Crippen LogP contribution in [0, 0.1) is 5.92 Å². The summed E-state index contributed by atoms with van der Waals surface area (Å²) in [7, 11) is 0. The van der Waals surface area contributed by atoms with E-state index in [2.05, 4.69) is 65.4 Å². The quantitative estimate of drug-likeness (QED) is 0.435. The first-order chi connectivity index (χ1) is 16.4. The highest BCUT2D eigenvalue weighted by Gasteiger charge is 2.26. The van der Waals surface area contributed by atoms with Crippen LogP contribution in [0.5, 0.6) is 0 Å². The molecule has 0 atom stereocenters. The maximum absolute atomic E-state index is 12.5. The van der Waals surface area contributed by atoms with E-state index in [9.17, 15) is 4.79 Å². The molecule has 0 saturated carbocycles. The van der Waals surface area contributed by atoms with Gasteiger partial charge >= 0.3 is 0 Å². The number of hydrogen-bond acceptors (Lipinski definition) is 7. The number of nitrogens with zero attached hydrogens (tertiary/aromatic N) is 3. The van der Waals surface area contributed by atoms with Crippen molar-refractivity contribution in [3.8, 4) is 11.4 Å². The average molecular weight is 483 g/mol. The molecule has 1 fully saturated rings. The average Bonchev–Trinajstić information content (AvgIpc) is 3.51. The second-order valence-electron chi connectivity index (χ2n) is 9.81. The van der Waals surface area contributed by atoms with E-state index < -0.39 is 0 Å². The van der Waals surface area contributed by atoms with Crippen molar-refractivity contribution in [2.75, 3.05) is 25.4 Å². The van der Waals surface area contributed by atoms with Crippen molar-refractivity contribution >= 4 is 17.7 Å². The van der Waals surface area contributed by atoms with Crippen LogP contribution in [0.4, 0.5) is 0 Å². The fourth-order valence-corrected chi connectivity index (χ4v) is 4.81. The summed E-state index contributed by atoms with van der Waals surface area (Å²) in [5, 5.41) is 7.25. The molecule has 2 aromatic heterocycles. The number of amides is 1. The normalized spacial score (nSPS) is 15.5. The zero-order valence-corrected chi connectivity index (χ0v) is 21.1. The van der Waals surface area contributed by atoms with Gasteiger partial charge in [0.05, 0.1) is 18.6 Å². The lowest BCUT2D eigenvalue weighted by atomic mass is 9.87. The Balaban J connectivity index is 1.17. The fourth-order valence-electron chi connectivity index (χ4n) is 4.06. The van der Waals surface area contributed by atoms with E-state index in [-0.39, 0.29) is 17.2 Å². The van der Waals surface area contributed by atoms with Crippen LogP contribution in [0.1, 0.15) is 50.8 Å². The smallest absolute Gasteiger partial charge is 0.241 e. The fraction of sp³-hybridized carbons (Fsp3) is 0.500. The third-order valence-corrected chi connectivity index (χ3v) is 7.15. The molecule has 0 spiro atoms. The third-order valence-electron chi connectivity index (χ3n) is 6.16. The molecule has 4 rings (SSSR count). The number of thioether (sulfide) groups is 1. The van der Waals surface area contributed by atoms with Gasteiger partial charge in [-0.15, -0.1) is 0 Å². The Hall–Kier alpha value is -2.58. The molecule has 7 nitrogen and oxygen atoms in total. The molecule has 1 aromatic carbocycles. The molecular formula is C26H34N4O3S. The van der Waals surface area contributed by atoms with Gasteiger partial charge in [-0.25, -0.2) is 0 Å². The molecule has 1 N–H and O–H groups in total. The topological polar surface area (TPSA) is 84.4 Å². The Morgan fingerprint density at radius 3 is 2.62 bits per heavy atom. The summed E-state index contributed by atoms with van der Waals surface area (Å²) < 4.78 is 10.8. The first kappa shape index (κ1) is 24.5. The van der Waals surface area contributed by atoms with Crippen LogP contribution in [0.15, 0.2) is 51.6 Å². The lowest BCUT2D eigenvalue weighted by Gasteiger charge is -2.30. The van der Waals surface area contributed by atoms with Gasteiger partial charge < -0.3 is 14.3 Å². The monoisotopic (exact) mass is 482 g/mol. The Morgan fingerprint density at radius 1 is 1.18 bits per heavy atom. The summed E-state index contributed by atoms with van der Waals surface area (Å²) in [5.74, 6) is 4.16. The second-order valence-corrected chi connectivity index (χ2v) is 10.9. The van der Waals surface area contributed by atoms with Gasteiger partial charge in [-0.1, -0.05) is 50.2 Å². The van der Waals surface area contributed by atoms with Crippen molar-refractivity contribution in [2.24, 2.45) is 5.92 Å². The van der Waals surface area contributed by atoms with Crippen LogP contribution >= 0.6 is 11.8 Å².